The molecule has 0 spiro atoms. The molecule has 1 aromatic carbocycles. The molecule has 0 saturated carbocycles. The third-order valence-corrected chi connectivity index (χ3v) is 5.96. The fraction of sp³-hybridized carbons (Fsp3) is 0.421. The first-order chi connectivity index (χ1) is 13.0. The Kier molecular flexibility index (Phi) is 8.77. The van der Waals surface area contributed by atoms with Gasteiger partial charge in [-0.15, -0.1) is 11.3 Å². The molecule has 2 N–H and O–H groups in total. The van der Waals surface area contributed by atoms with Crippen molar-refractivity contribution >= 4 is 35.0 Å². The number of carbonyl (C=O) groups is 2. The molecule has 1 heterocycles. The summed E-state index contributed by atoms with van der Waals surface area (Å²) in [5.74, 6) is -0.00375. The Morgan fingerprint density at radius 3 is 2.70 bits per heavy atom. The van der Waals surface area contributed by atoms with Gasteiger partial charge in [0.05, 0.1) is 45.1 Å². The van der Waals surface area contributed by atoms with Gasteiger partial charge in [-0.2, -0.15) is 0 Å². The smallest absolute Gasteiger partial charge is 0.311 e. The summed E-state index contributed by atoms with van der Waals surface area (Å²) in [4.78, 5) is 29.3. The molecule has 8 heteroatoms. The topological polar surface area (TPSA) is 72.7 Å². The van der Waals surface area contributed by atoms with Gasteiger partial charge in [-0.05, 0) is 6.92 Å². The van der Waals surface area contributed by atoms with E-state index in [1.54, 1.807) is 6.92 Å². The van der Waals surface area contributed by atoms with Crippen LogP contribution in [-0.2, 0) is 20.7 Å². The number of amides is 1. The van der Waals surface area contributed by atoms with Crippen LogP contribution in [0.5, 0.6) is 0 Å². The third kappa shape index (κ3) is 7.32. The molecule has 1 aromatic heterocycles. The lowest BCUT2D eigenvalue weighted by Gasteiger charge is -2.22. The second kappa shape index (κ2) is 11.1. The van der Waals surface area contributed by atoms with Gasteiger partial charge >= 0.3 is 5.97 Å². The zero-order valence-electron chi connectivity index (χ0n) is 15.9. The highest BCUT2D eigenvalue weighted by Gasteiger charge is 2.18. The average molecular weight is 409 g/mol. The summed E-state index contributed by atoms with van der Waals surface area (Å²) in [6.45, 7) is 2.72. The number of esters is 1. The van der Waals surface area contributed by atoms with Gasteiger partial charge in [-0.3, -0.25) is 9.59 Å². The van der Waals surface area contributed by atoms with Crippen molar-refractivity contribution in [1.29, 1.82) is 0 Å². The zero-order valence-corrected chi connectivity index (χ0v) is 17.5. The van der Waals surface area contributed by atoms with Crippen LogP contribution in [0.4, 0.5) is 0 Å². The summed E-state index contributed by atoms with van der Waals surface area (Å²) in [6.07, 6.45) is 0.168. The molecule has 0 unspecified atom stereocenters. The first-order valence-electron chi connectivity index (χ1n) is 8.84. The first-order valence-corrected chi connectivity index (χ1v) is 10.7. The number of thiazole rings is 1. The highest BCUT2D eigenvalue weighted by atomic mass is 32.2. The summed E-state index contributed by atoms with van der Waals surface area (Å²) >= 11 is 2.82. The van der Waals surface area contributed by atoms with Crippen LogP contribution in [0, 0.1) is 0 Å². The molecular formula is C19H26N3O3S2+. The van der Waals surface area contributed by atoms with Crippen molar-refractivity contribution in [3.05, 3.63) is 47.0 Å². The lowest BCUT2D eigenvalue weighted by atomic mass is 10.1. The molecule has 0 aliphatic carbocycles. The molecule has 27 heavy (non-hydrogen) atoms. The average Bonchev–Trinajstić information content (AvgIpc) is 3.08. The number of rotatable bonds is 10. The van der Waals surface area contributed by atoms with E-state index in [9.17, 15) is 9.59 Å². The predicted octanol–water partition coefficient (Wildman–Crippen LogP) is 1.34. The Morgan fingerprint density at radius 1 is 1.30 bits per heavy atom. The number of carbonyl (C=O) groups excluding carboxylic acids is 2. The fourth-order valence-corrected chi connectivity index (χ4v) is 4.21. The van der Waals surface area contributed by atoms with Crippen molar-refractivity contribution in [2.24, 2.45) is 0 Å². The number of hydrogen-bond donors (Lipinski definition) is 2. The lowest BCUT2D eigenvalue weighted by Crippen LogP contribution is -3.07. The van der Waals surface area contributed by atoms with E-state index in [1.807, 2.05) is 23.6 Å². The third-order valence-electron chi connectivity index (χ3n) is 3.89. The number of aromatic nitrogens is 1. The Morgan fingerprint density at radius 2 is 2.04 bits per heavy atom. The molecule has 1 atom stereocenters. The van der Waals surface area contributed by atoms with Gasteiger partial charge in [0, 0.05) is 10.9 Å². The lowest BCUT2D eigenvalue weighted by molar-refractivity contribution is -0.890. The standard InChI is InChI=1S/C19H25N3O3S2/c1-4-25-18(24)10-15-12-26-19(21-15)27-13-17(23)20-11-16(22(2)3)14-8-6-5-7-9-14/h5-9,12,16H,4,10-11,13H2,1-3H3,(H,20,23)/p+1/t16-/m0/s1. The normalized spacial score (nSPS) is 12.0. The molecule has 0 fully saturated rings. The quantitative estimate of drug-likeness (QED) is 0.459. The van der Waals surface area contributed by atoms with Gasteiger partial charge in [0.15, 0.2) is 4.34 Å². The number of thioether (sulfide) groups is 1. The SMILES string of the molecule is CCOC(=O)Cc1csc(SCC(=O)NC[C@@H](c2ccccc2)[NH+](C)C)n1. The van der Waals surface area contributed by atoms with Gasteiger partial charge in [0.2, 0.25) is 5.91 Å². The number of benzene rings is 1. The monoisotopic (exact) mass is 408 g/mol. The summed E-state index contributed by atoms with van der Waals surface area (Å²) in [5.41, 5.74) is 1.88. The Balaban J connectivity index is 1.79. The highest BCUT2D eigenvalue weighted by Crippen LogP contribution is 2.22. The van der Waals surface area contributed by atoms with Gasteiger partial charge in [0.25, 0.3) is 0 Å². The van der Waals surface area contributed by atoms with Crippen molar-refractivity contribution in [3.8, 4) is 0 Å². The Labute approximate surface area is 168 Å². The number of ether oxygens (including phenoxy) is 1. The second-order valence-corrected chi connectivity index (χ2v) is 8.30. The Bertz CT molecular complexity index is 735. The molecule has 1 amide bonds. The largest absolute Gasteiger partial charge is 0.466 e. The molecule has 2 aromatic rings. The summed E-state index contributed by atoms with van der Waals surface area (Å²) in [5, 5.41) is 4.84. The molecule has 2 rings (SSSR count). The second-order valence-electron chi connectivity index (χ2n) is 6.22. The van der Waals surface area contributed by atoms with Crippen molar-refractivity contribution < 1.29 is 19.2 Å². The van der Waals surface area contributed by atoms with E-state index in [1.165, 1.54) is 33.6 Å². The molecule has 0 saturated heterocycles. The van der Waals surface area contributed by atoms with Gasteiger partial charge < -0.3 is 15.0 Å². The predicted molar refractivity (Wildman–Crippen MR) is 108 cm³/mol. The van der Waals surface area contributed by atoms with Crippen LogP contribution in [0.1, 0.15) is 24.2 Å². The van der Waals surface area contributed by atoms with Crippen molar-refractivity contribution in [2.45, 2.75) is 23.7 Å². The van der Waals surface area contributed by atoms with E-state index < -0.39 is 0 Å². The van der Waals surface area contributed by atoms with Crippen molar-refractivity contribution in [3.63, 3.8) is 0 Å². The molecule has 146 valence electrons. The maximum Gasteiger partial charge on any atom is 0.311 e. The fourth-order valence-electron chi connectivity index (χ4n) is 2.53. The minimum Gasteiger partial charge on any atom is -0.466 e. The summed E-state index contributed by atoms with van der Waals surface area (Å²) in [7, 11) is 4.17. The zero-order chi connectivity index (χ0) is 19.6. The van der Waals surface area contributed by atoms with Crippen LogP contribution in [0.15, 0.2) is 40.1 Å². The van der Waals surface area contributed by atoms with Crippen molar-refractivity contribution in [1.82, 2.24) is 10.3 Å². The number of nitrogens with one attached hydrogen (secondary N) is 2. The van der Waals surface area contributed by atoms with Crippen LogP contribution in [-0.4, -0.2) is 49.9 Å². The van der Waals surface area contributed by atoms with E-state index in [-0.39, 0.29) is 24.3 Å². The van der Waals surface area contributed by atoms with E-state index in [0.717, 1.165) is 4.34 Å². The van der Waals surface area contributed by atoms with E-state index >= 15 is 0 Å². The van der Waals surface area contributed by atoms with E-state index in [4.69, 9.17) is 4.74 Å². The van der Waals surface area contributed by atoms with Gasteiger partial charge in [-0.25, -0.2) is 4.98 Å². The van der Waals surface area contributed by atoms with Gasteiger partial charge in [-0.1, -0.05) is 42.1 Å². The number of quaternary nitrogens is 1. The molecule has 0 radical (unpaired) electrons. The van der Waals surface area contributed by atoms with Crippen molar-refractivity contribution in [2.75, 3.05) is 33.0 Å². The summed E-state index contributed by atoms with van der Waals surface area (Å²) < 4.78 is 5.70. The van der Waals surface area contributed by atoms with E-state index in [2.05, 4.69) is 36.5 Å². The van der Waals surface area contributed by atoms with Crippen LogP contribution in [0.2, 0.25) is 0 Å². The maximum absolute atomic E-state index is 12.2. The van der Waals surface area contributed by atoms with Crippen LogP contribution >= 0.6 is 23.1 Å². The highest BCUT2D eigenvalue weighted by molar-refractivity contribution is 8.01. The maximum atomic E-state index is 12.2. The first kappa shape index (κ1) is 21.4. The molecule has 0 aliphatic heterocycles. The summed E-state index contributed by atoms with van der Waals surface area (Å²) in [6, 6.07) is 10.4. The minimum absolute atomic E-state index is 0.0238. The number of hydrogen-bond acceptors (Lipinski definition) is 6. The van der Waals surface area contributed by atoms with E-state index in [0.29, 0.717) is 24.6 Å². The molecule has 0 bridgehead atoms. The molecule has 6 nitrogen and oxygen atoms in total. The molecular weight excluding hydrogens is 382 g/mol. The number of nitrogens with zero attached hydrogens (tertiary/aromatic N) is 1. The van der Waals surface area contributed by atoms with Crippen LogP contribution in [0.3, 0.4) is 0 Å². The number of likely N-dealkylation sites (N-methyl/N-ethyl adjacent to an activating group) is 1. The Hall–Kier alpha value is -1.90. The van der Waals surface area contributed by atoms with Crippen LogP contribution in [0.25, 0.3) is 0 Å². The van der Waals surface area contributed by atoms with Crippen LogP contribution < -0.4 is 10.2 Å². The minimum atomic E-state index is -0.282. The molecule has 0 aliphatic rings. The van der Waals surface area contributed by atoms with Gasteiger partial charge in [0.1, 0.15) is 6.04 Å².